The molecule has 3 nitrogen and oxygen atoms in total. The summed E-state index contributed by atoms with van der Waals surface area (Å²) in [6, 6.07) is 8.30. The number of hydrogen-bond acceptors (Lipinski definition) is 3. The van der Waals surface area contributed by atoms with Crippen molar-refractivity contribution in [1.29, 1.82) is 0 Å². The average molecular weight is 223 g/mol. The van der Waals surface area contributed by atoms with Crippen LogP contribution in [-0.4, -0.2) is 24.9 Å². The van der Waals surface area contributed by atoms with E-state index in [4.69, 9.17) is 9.84 Å². The van der Waals surface area contributed by atoms with E-state index in [-0.39, 0.29) is 6.61 Å². The van der Waals surface area contributed by atoms with E-state index in [0.29, 0.717) is 6.04 Å². The molecule has 90 valence electrons. The number of benzene rings is 1. The molecule has 0 fully saturated rings. The standard InChI is InChI=1S/C13H21NO2/c1-3-11(7-6-10-15)14-12-8-4-5-9-13(12)16-2/h4-5,8-9,11,14-15H,3,6-7,10H2,1-2H3/t11-/m0/s1. The van der Waals surface area contributed by atoms with Crippen LogP contribution in [0, 0.1) is 0 Å². The fourth-order valence-corrected chi connectivity index (χ4v) is 1.70. The lowest BCUT2D eigenvalue weighted by Crippen LogP contribution is -2.19. The number of nitrogens with one attached hydrogen (secondary N) is 1. The molecule has 0 unspecified atom stereocenters. The highest BCUT2D eigenvalue weighted by Gasteiger charge is 2.08. The van der Waals surface area contributed by atoms with Gasteiger partial charge < -0.3 is 15.2 Å². The zero-order chi connectivity index (χ0) is 11.8. The largest absolute Gasteiger partial charge is 0.495 e. The number of para-hydroxylation sites is 2. The van der Waals surface area contributed by atoms with Crippen molar-refractivity contribution < 1.29 is 9.84 Å². The first kappa shape index (κ1) is 12.8. The van der Waals surface area contributed by atoms with E-state index in [1.165, 1.54) is 0 Å². The maximum Gasteiger partial charge on any atom is 0.141 e. The molecule has 0 saturated carbocycles. The van der Waals surface area contributed by atoms with E-state index in [2.05, 4.69) is 12.2 Å². The minimum atomic E-state index is 0.254. The van der Waals surface area contributed by atoms with Crippen molar-refractivity contribution in [1.82, 2.24) is 0 Å². The topological polar surface area (TPSA) is 41.5 Å². The van der Waals surface area contributed by atoms with Crippen molar-refractivity contribution in [3.05, 3.63) is 24.3 Å². The molecule has 1 rings (SSSR count). The Balaban J connectivity index is 2.62. The number of rotatable bonds is 7. The molecule has 0 spiro atoms. The van der Waals surface area contributed by atoms with Gasteiger partial charge in [-0.25, -0.2) is 0 Å². The average Bonchev–Trinajstić information content (AvgIpc) is 2.34. The molecule has 1 aromatic carbocycles. The van der Waals surface area contributed by atoms with Crippen molar-refractivity contribution in [2.75, 3.05) is 19.0 Å². The molecule has 1 aromatic rings. The van der Waals surface area contributed by atoms with Gasteiger partial charge in [0.1, 0.15) is 5.75 Å². The molecule has 1 atom stereocenters. The lowest BCUT2D eigenvalue weighted by Gasteiger charge is -2.19. The number of ether oxygens (including phenoxy) is 1. The summed E-state index contributed by atoms with van der Waals surface area (Å²) in [5.41, 5.74) is 1.02. The smallest absolute Gasteiger partial charge is 0.141 e. The van der Waals surface area contributed by atoms with Gasteiger partial charge in [0, 0.05) is 12.6 Å². The molecule has 2 N–H and O–H groups in total. The molecule has 0 aliphatic carbocycles. The summed E-state index contributed by atoms with van der Waals surface area (Å²) in [5, 5.41) is 12.3. The van der Waals surface area contributed by atoms with Crippen molar-refractivity contribution in [2.24, 2.45) is 0 Å². The molecule has 0 saturated heterocycles. The first-order valence-corrected chi connectivity index (χ1v) is 5.82. The van der Waals surface area contributed by atoms with Gasteiger partial charge in [-0.15, -0.1) is 0 Å². The van der Waals surface area contributed by atoms with E-state index in [1.807, 2.05) is 24.3 Å². The van der Waals surface area contributed by atoms with Crippen LogP contribution in [0.5, 0.6) is 5.75 Å². The highest BCUT2D eigenvalue weighted by Crippen LogP contribution is 2.25. The van der Waals surface area contributed by atoms with E-state index in [0.717, 1.165) is 30.7 Å². The van der Waals surface area contributed by atoms with Gasteiger partial charge in [0.25, 0.3) is 0 Å². The number of aliphatic hydroxyl groups is 1. The predicted molar refractivity (Wildman–Crippen MR) is 67.0 cm³/mol. The fraction of sp³-hybridized carbons (Fsp3) is 0.538. The zero-order valence-electron chi connectivity index (χ0n) is 10.1. The van der Waals surface area contributed by atoms with Crippen LogP contribution < -0.4 is 10.1 Å². The van der Waals surface area contributed by atoms with Gasteiger partial charge in [0.05, 0.1) is 12.8 Å². The molecular weight excluding hydrogens is 202 g/mol. The molecule has 0 radical (unpaired) electrons. The van der Waals surface area contributed by atoms with Crippen molar-refractivity contribution in [2.45, 2.75) is 32.2 Å². The monoisotopic (exact) mass is 223 g/mol. The first-order chi connectivity index (χ1) is 7.81. The second-order valence-electron chi connectivity index (χ2n) is 3.82. The zero-order valence-corrected chi connectivity index (χ0v) is 10.1. The Hall–Kier alpha value is -1.22. The maximum absolute atomic E-state index is 8.83. The van der Waals surface area contributed by atoms with Gasteiger partial charge in [-0.2, -0.15) is 0 Å². The number of hydrogen-bond donors (Lipinski definition) is 2. The first-order valence-electron chi connectivity index (χ1n) is 5.82. The van der Waals surface area contributed by atoms with Crippen molar-refractivity contribution >= 4 is 5.69 Å². The predicted octanol–water partition coefficient (Wildman–Crippen LogP) is 2.66. The summed E-state index contributed by atoms with van der Waals surface area (Å²) in [4.78, 5) is 0. The minimum absolute atomic E-state index is 0.254. The van der Waals surface area contributed by atoms with Crippen molar-refractivity contribution in [3.8, 4) is 5.75 Å². The molecule has 3 heteroatoms. The van der Waals surface area contributed by atoms with E-state index in [9.17, 15) is 0 Å². The van der Waals surface area contributed by atoms with Gasteiger partial charge >= 0.3 is 0 Å². The highest BCUT2D eigenvalue weighted by atomic mass is 16.5. The number of methoxy groups -OCH3 is 1. The molecular formula is C13H21NO2. The Morgan fingerprint density at radius 1 is 1.38 bits per heavy atom. The molecule has 0 amide bonds. The van der Waals surface area contributed by atoms with Crippen LogP contribution in [0.4, 0.5) is 5.69 Å². The van der Waals surface area contributed by atoms with E-state index < -0.39 is 0 Å². The van der Waals surface area contributed by atoms with Crippen LogP contribution in [0.3, 0.4) is 0 Å². The van der Waals surface area contributed by atoms with Gasteiger partial charge in [-0.05, 0) is 31.4 Å². The van der Waals surface area contributed by atoms with Crippen LogP contribution in [-0.2, 0) is 0 Å². The molecule has 0 aliphatic heterocycles. The summed E-state index contributed by atoms with van der Waals surface area (Å²) in [6.07, 6.45) is 2.85. The quantitative estimate of drug-likeness (QED) is 0.746. The van der Waals surface area contributed by atoms with E-state index >= 15 is 0 Å². The summed E-state index contributed by atoms with van der Waals surface area (Å²) >= 11 is 0. The summed E-state index contributed by atoms with van der Waals surface area (Å²) in [6.45, 7) is 2.40. The van der Waals surface area contributed by atoms with Crippen molar-refractivity contribution in [3.63, 3.8) is 0 Å². The molecule has 0 heterocycles. The third-order valence-electron chi connectivity index (χ3n) is 2.67. The Labute approximate surface area is 97.4 Å². The van der Waals surface area contributed by atoms with Crippen LogP contribution in [0.1, 0.15) is 26.2 Å². The third kappa shape index (κ3) is 3.74. The molecule has 0 aliphatic rings. The normalized spacial score (nSPS) is 12.2. The number of aliphatic hydroxyl groups excluding tert-OH is 1. The fourth-order valence-electron chi connectivity index (χ4n) is 1.70. The Morgan fingerprint density at radius 2 is 2.12 bits per heavy atom. The van der Waals surface area contributed by atoms with E-state index in [1.54, 1.807) is 7.11 Å². The Kier molecular flexibility index (Phi) is 5.72. The highest BCUT2D eigenvalue weighted by molar-refractivity contribution is 5.56. The second-order valence-corrected chi connectivity index (χ2v) is 3.82. The maximum atomic E-state index is 8.83. The molecule has 0 bridgehead atoms. The summed E-state index contributed by atoms with van der Waals surface area (Å²) in [5.74, 6) is 0.866. The molecule has 0 aromatic heterocycles. The van der Waals surface area contributed by atoms with Gasteiger partial charge in [-0.3, -0.25) is 0 Å². The van der Waals surface area contributed by atoms with Crippen LogP contribution in [0.15, 0.2) is 24.3 Å². The second kappa shape index (κ2) is 7.12. The SMILES string of the molecule is CC[C@@H](CCCO)Nc1ccccc1OC. The summed E-state index contributed by atoms with van der Waals surface area (Å²) in [7, 11) is 1.68. The summed E-state index contributed by atoms with van der Waals surface area (Å²) < 4.78 is 5.28. The van der Waals surface area contributed by atoms with Crippen LogP contribution in [0.2, 0.25) is 0 Å². The van der Waals surface area contributed by atoms with Gasteiger partial charge in [0.15, 0.2) is 0 Å². The Morgan fingerprint density at radius 3 is 2.75 bits per heavy atom. The van der Waals surface area contributed by atoms with Gasteiger partial charge in [-0.1, -0.05) is 19.1 Å². The minimum Gasteiger partial charge on any atom is -0.495 e. The lowest BCUT2D eigenvalue weighted by atomic mass is 10.1. The van der Waals surface area contributed by atoms with Gasteiger partial charge in [0.2, 0.25) is 0 Å². The number of anilines is 1. The van der Waals surface area contributed by atoms with Crippen LogP contribution >= 0.6 is 0 Å². The lowest BCUT2D eigenvalue weighted by molar-refractivity contribution is 0.280. The van der Waals surface area contributed by atoms with Crippen LogP contribution in [0.25, 0.3) is 0 Å². The molecule has 16 heavy (non-hydrogen) atoms. The third-order valence-corrected chi connectivity index (χ3v) is 2.67. The Bertz CT molecular complexity index is 302.